The van der Waals surface area contributed by atoms with E-state index in [0.717, 1.165) is 11.8 Å². The van der Waals surface area contributed by atoms with E-state index in [0.29, 0.717) is 11.3 Å². The Labute approximate surface area is 150 Å². The summed E-state index contributed by atoms with van der Waals surface area (Å²) in [6, 6.07) is 8.49. The van der Waals surface area contributed by atoms with E-state index in [1.54, 1.807) is 35.7 Å². The standard InChI is InChI=1S/C16H19N3O4S2/c1-25(22,23)19-14-4-2-3-12(9-14)10-18-15(20)5-7-17-16(21)13-6-8-24-11-13/h2-4,6,8-9,11,19H,5,7,10H2,1H3,(H,17,21)(H,18,20). The molecular formula is C16H19N3O4S2. The van der Waals surface area contributed by atoms with Crippen molar-refractivity contribution >= 4 is 38.9 Å². The summed E-state index contributed by atoms with van der Waals surface area (Å²) in [5.74, 6) is -0.402. The largest absolute Gasteiger partial charge is 0.352 e. The maximum atomic E-state index is 11.8. The molecule has 0 radical (unpaired) electrons. The molecule has 1 aromatic heterocycles. The fourth-order valence-corrected chi connectivity index (χ4v) is 3.22. The van der Waals surface area contributed by atoms with Crippen LogP contribution >= 0.6 is 11.3 Å². The fraction of sp³-hybridized carbons (Fsp3) is 0.250. The predicted octanol–water partition coefficient (Wildman–Crippen LogP) is 1.56. The van der Waals surface area contributed by atoms with E-state index in [4.69, 9.17) is 0 Å². The van der Waals surface area contributed by atoms with Crippen molar-refractivity contribution in [2.24, 2.45) is 0 Å². The van der Waals surface area contributed by atoms with Crippen LogP contribution in [0.4, 0.5) is 5.69 Å². The van der Waals surface area contributed by atoms with Crippen LogP contribution in [0.1, 0.15) is 22.3 Å². The molecule has 0 spiro atoms. The van der Waals surface area contributed by atoms with E-state index in [9.17, 15) is 18.0 Å². The second kappa shape index (κ2) is 8.63. The SMILES string of the molecule is CS(=O)(=O)Nc1cccc(CNC(=O)CCNC(=O)c2ccsc2)c1. The summed E-state index contributed by atoms with van der Waals surface area (Å²) < 4.78 is 24.8. The average molecular weight is 381 g/mol. The van der Waals surface area contributed by atoms with Crippen molar-refractivity contribution in [3.8, 4) is 0 Å². The molecule has 0 aliphatic carbocycles. The highest BCUT2D eigenvalue weighted by atomic mass is 32.2. The van der Waals surface area contributed by atoms with E-state index in [2.05, 4.69) is 15.4 Å². The Balaban J connectivity index is 1.74. The van der Waals surface area contributed by atoms with Crippen molar-refractivity contribution in [3.63, 3.8) is 0 Å². The van der Waals surface area contributed by atoms with Crippen molar-refractivity contribution in [1.82, 2.24) is 10.6 Å². The third-order valence-electron chi connectivity index (χ3n) is 3.14. The van der Waals surface area contributed by atoms with Gasteiger partial charge in [-0.15, -0.1) is 0 Å². The van der Waals surface area contributed by atoms with Crippen LogP contribution in [0.25, 0.3) is 0 Å². The van der Waals surface area contributed by atoms with E-state index in [1.165, 1.54) is 11.3 Å². The van der Waals surface area contributed by atoms with Gasteiger partial charge in [0.2, 0.25) is 15.9 Å². The summed E-state index contributed by atoms with van der Waals surface area (Å²) in [4.78, 5) is 23.6. The van der Waals surface area contributed by atoms with Gasteiger partial charge in [-0.3, -0.25) is 14.3 Å². The van der Waals surface area contributed by atoms with Gasteiger partial charge in [-0.1, -0.05) is 12.1 Å². The van der Waals surface area contributed by atoms with Crippen LogP contribution in [-0.2, 0) is 21.4 Å². The maximum absolute atomic E-state index is 11.8. The first-order valence-electron chi connectivity index (χ1n) is 7.47. The number of hydrogen-bond acceptors (Lipinski definition) is 5. The lowest BCUT2D eigenvalue weighted by atomic mass is 10.2. The number of carbonyl (C=O) groups excluding carboxylic acids is 2. The summed E-state index contributed by atoms with van der Waals surface area (Å²) in [7, 11) is -3.34. The number of hydrogen-bond donors (Lipinski definition) is 3. The molecule has 0 atom stereocenters. The zero-order chi connectivity index (χ0) is 18.3. The second-order valence-electron chi connectivity index (χ2n) is 5.37. The molecule has 0 aliphatic heterocycles. The highest BCUT2D eigenvalue weighted by Gasteiger charge is 2.07. The highest BCUT2D eigenvalue weighted by molar-refractivity contribution is 7.92. The van der Waals surface area contributed by atoms with Gasteiger partial charge in [0.25, 0.3) is 5.91 Å². The van der Waals surface area contributed by atoms with E-state index in [1.807, 2.05) is 5.38 Å². The highest BCUT2D eigenvalue weighted by Crippen LogP contribution is 2.11. The minimum Gasteiger partial charge on any atom is -0.352 e. The van der Waals surface area contributed by atoms with Gasteiger partial charge in [0, 0.05) is 36.1 Å². The molecule has 2 rings (SSSR count). The van der Waals surface area contributed by atoms with Crippen LogP contribution in [0.15, 0.2) is 41.1 Å². The van der Waals surface area contributed by atoms with Crippen LogP contribution in [0.2, 0.25) is 0 Å². The molecular weight excluding hydrogens is 362 g/mol. The third kappa shape index (κ3) is 6.94. The van der Waals surface area contributed by atoms with Crippen molar-refractivity contribution < 1.29 is 18.0 Å². The Hall–Kier alpha value is -2.39. The first-order chi connectivity index (χ1) is 11.8. The van der Waals surface area contributed by atoms with Gasteiger partial charge in [0.15, 0.2) is 0 Å². The van der Waals surface area contributed by atoms with Gasteiger partial charge in [-0.25, -0.2) is 8.42 Å². The molecule has 0 fully saturated rings. The number of rotatable bonds is 8. The van der Waals surface area contributed by atoms with Gasteiger partial charge < -0.3 is 10.6 Å². The van der Waals surface area contributed by atoms with Gasteiger partial charge in [0.1, 0.15) is 0 Å². The Morgan fingerprint density at radius 3 is 2.64 bits per heavy atom. The molecule has 2 aromatic rings. The lowest BCUT2D eigenvalue weighted by Gasteiger charge is -2.09. The molecule has 0 bridgehead atoms. The third-order valence-corrected chi connectivity index (χ3v) is 4.43. The number of nitrogens with one attached hydrogen (secondary N) is 3. The summed E-state index contributed by atoms with van der Waals surface area (Å²) in [5.41, 5.74) is 1.79. The first-order valence-corrected chi connectivity index (χ1v) is 10.3. The zero-order valence-corrected chi connectivity index (χ0v) is 15.2. The first kappa shape index (κ1) is 18.9. The number of carbonyl (C=O) groups is 2. The van der Waals surface area contributed by atoms with Gasteiger partial charge in [0.05, 0.1) is 6.26 Å². The Kier molecular flexibility index (Phi) is 6.54. The van der Waals surface area contributed by atoms with Crippen molar-refractivity contribution in [2.75, 3.05) is 17.5 Å². The van der Waals surface area contributed by atoms with Crippen LogP contribution in [-0.4, -0.2) is 33.0 Å². The Morgan fingerprint density at radius 2 is 1.96 bits per heavy atom. The quantitative estimate of drug-likeness (QED) is 0.645. The van der Waals surface area contributed by atoms with Crippen LogP contribution in [0.5, 0.6) is 0 Å². The summed E-state index contributed by atoms with van der Waals surface area (Å²) in [6.07, 6.45) is 1.24. The Morgan fingerprint density at radius 1 is 1.16 bits per heavy atom. The molecule has 1 aromatic carbocycles. The number of benzene rings is 1. The molecule has 134 valence electrons. The number of anilines is 1. The van der Waals surface area contributed by atoms with Crippen LogP contribution < -0.4 is 15.4 Å². The topological polar surface area (TPSA) is 104 Å². The van der Waals surface area contributed by atoms with Gasteiger partial charge in [-0.05, 0) is 29.1 Å². The van der Waals surface area contributed by atoms with E-state index < -0.39 is 10.0 Å². The molecule has 25 heavy (non-hydrogen) atoms. The maximum Gasteiger partial charge on any atom is 0.252 e. The normalized spacial score (nSPS) is 10.9. The van der Waals surface area contributed by atoms with Gasteiger partial charge in [-0.2, -0.15) is 11.3 Å². The molecule has 9 heteroatoms. The Bertz CT molecular complexity index is 833. The molecule has 7 nitrogen and oxygen atoms in total. The minimum atomic E-state index is -3.34. The molecule has 0 saturated carbocycles. The summed E-state index contributed by atoms with van der Waals surface area (Å²) >= 11 is 1.43. The monoisotopic (exact) mass is 381 g/mol. The van der Waals surface area contributed by atoms with Crippen LogP contribution in [0, 0.1) is 0 Å². The lowest BCUT2D eigenvalue weighted by Crippen LogP contribution is -2.30. The van der Waals surface area contributed by atoms with Crippen molar-refractivity contribution in [1.29, 1.82) is 0 Å². The molecule has 1 heterocycles. The van der Waals surface area contributed by atoms with E-state index in [-0.39, 0.29) is 31.3 Å². The summed E-state index contributed by atoms with van der Waals surface area (Å²) in [5, 5.41) is 8.97. The van der Waals surface area contributed by atoms with Crippen molar-refractivity contribution in [3.05, 3.63) is 52.2 Å². The average Bonchev–Trinajstić information content (AvgIpc) is 3.06. The molecule has 0 saturated heterocycles. The number of amides is 2. The lowest BCUT2D eigenvalue weighted by molar-refractivity contribution is -0.121. The predicted molar refractivity (Wildman–Crippen MR) is 98.0 cm³/mol. The summed E-state index contributed by atoms with van der Waals surface area (Å²) in [6.45, 7) is 0.521. The number of sulfonamides is 1. The fourth-order valence-electron chi connectivity index (χ4n) is 2.03. The van der Waals surface area contributed by atoms with Crippen LogP contribution in [0.3, 0.4) is 0 Å². The van der Waals surface area contributed by atoms with Gasteiger partial charge >= 0.3 is 0 Å². The molecule has 0 aliphatic rings. The smallest absolute Gasteiger partial charge is 0.252 e. The van der Waals surface area contributed by atoms with E-state index >= 15 is 0 Å². The molecule has 2 amide bonds. The molecule has 0 unspecified atom stereocenters. The zero-order valence-electron chi connectivity index (χ0n) is 13.6. The second-order valence-corrected chi connectivity index (χ2v) is 7.90. The minimum absolute atomic E-state index is 0.164. The molecule has 3 N–H and O–H groups in total. The number of thiophene rings is 1. The van der Waals surface area contributed by atoms with Crippen molar-refractivity contribution in [2.45, 2.75) is 13.0 Å².